The largest absolute Gasteiger partial charge is 0.201 e. The molecule has 0 saturated heterocycles. The highest BCUT2D eigenvalue weighted by molar-refractivity contribution is 6.35. The van der Waals surface area contributed by atoms with Gasteiger partial charge in [-0.05, 0) is 18.2 Å². The number of halogens is 2. The summed E-state index contributed by atoms with van der Waals surface area (Å²) in [7, 11) is 0. The van der Waals surface area contributed by atoms with Crippen LogP contribution in [0.1, 0.15) is 5.56 Å². The van der Waals surface area contributed by atoms with Gasteiger partial charge in [0.05, 0.1) is 5.02 Å². The maximum atomic E-state index is 6.08. The van der Waals surface area contributed by atoms with Crippen molar-refractivity contribution in [2.75, 3.05) is 0 Å². The predicted octanol–water partition coefficient (Wildman–Crippen LogP) is 3.33. The van der Waals surface area contributed by atoms with Gasteiger partial charge >= 0.3 is 0 Å². The van der Waals surface area contributed by atoms with Gasteiger partial charge in [0.25, 0.3) is 0 Å². The molecule has 0 radical (unpaired) electrons. The summed E-state index contributed by atoms with van der Waals surface area (Å²) in [6.45, 7) is 0.761. The second-order valence-electron chi connectivity index (χ2n) is 3.28. The molecule has 76 valence electrons. The molecule has 2 aromatic rings. The molecule has 0 amide bonds. The molecular formula is C12H10Cl2N+. The monoisotopic (exact) mass is 238 g/mol. The molecule has 1 aromatic heterocycles. The normalized spacial score (nSPS) is 10.3. The summed E-state index contributed by atoms with van der Waals surface area (Å²) in [6, 6.07) is 11.5. The van der Waals surface area contributed by atoms with E-state index in [-0.39, 0.29) is 0 Å². The lowest BCUT2D eigenvalue weighted by atomic mass is 10.2. The predicted molar refractivity (Wildman–Crippen MR) is 62.2 cm³/mol. The third-order valence-electron chi connectivity index (χ3n) is 2.15. The highest BCUT2D eigenvalue weighted by Crippen LogP contribution is 2.20. The van der Waals surface area contributed by atoms with Crippen LogP contribution in [0, 0.1) is 0 Å². The van der Waals surface area contributed by atoms with E-state index in [2.05, 4.69) is 4.57 Å². The smallest absolute Gasteiger partial charge is 0.175 e. The minimum atomic E-state index is 0.668. The standard InChI is InChI=1S/C12H10Cl2N/c13-11-5-4-10(12(14)8-11)9-15-6-2-1-3-7-15/h1-8H,9H2/q+1. The molecule has 0 N–H and O–H groups in total. The van der Waals surface area contributed by atoms with E-state index in [9.17, 15) is 0 Å². The summed E-state index contributed by atoms with van der Waals surface area (Å²) in [5.41, 5.74) is 1.07. The Hall–Kier alpha value is -1.05. The van der Waals surface area contributed by atoms with E-state index in [1.165, 1.54) is 0 Å². The summed E-state index contributed by atoms with van der Waals surface area (Å²) < 4.78 is 2.06. The third-order valence-corrected chi connectivity index (χ3v) is 2.73. The number of nitrogens with zero attached hydrogens (tertiary/aromatic N) is 1. The second kappa shape index (κ2) is 4.65. The second-order valence-corrected chi connectivity index (χ2v) is 4.13. The molecule has 0 spiro atoms. The van der Waals surface area contributed by atoms with E-state index in [0.717, 1.165) is 12.1 Å². The summed E-state index contributed by atoms with van der Waals surface area (Å²) in [4.78, 5) is 0. The number of benzene rings is 1. The molecule has 3 heteroatoms. The van der Waals surface area contributed by atoms with Crippen LogP contribution in [0.3, 0.4) is 0 Å². The first kappa shape index (κ1) is 10.5. The van der Waals surface area contributed by atoms with Gasteiger partial charge in [0, 0.05) is 22.7 Å². The van der Waals surface area contributed by atoms with Crippen molar-refractivity contribution in [1.29, 1.82) is 0 Å². The number of pyridine rings is 1. The fourth-order valence-corrected chi connectivity index (χ4v) is 1.85. The third kappa shape index (κ3) is 2.71. The Kier molecular flexibility index (Phi) is 3.24. The molecule has 0 aliphatic carbocycles. The van der Waals surface area contributed by atoms with Gasteiger partial charge in [-0.3, -0.25) is 0 Å². The first-order chi connectivity index (χ1) is 7.25. The Labute approximate surface area is 98.9 Å². The van der Waals surface area contributed by atoms with Crippen molar-refractivity contribution in [1.82, 2.24) is 0 Å². The number of hydrogen-bond acceptors (Lipinski definition) is 0. The highest BCUT2D eigenvalue weighted by Gasteiger charge is 2.06. The minimum absolute atomic E-state index is 0.668. The zero-order valence-electron chi connectivity index (χ0n) is 8.03. The van der Waals surface area contributed by atoms with Crippen LogP contribution in [0.15, 0.2) is 48.8 Å². The lowest BCUT2D eigenvalue weighted by Crippen LogP contribution is -2.32. The van der Waals surface area contributed by atoms with Gasteiger partial charge in [0.2, 0.25) is 0 Å². The van der Waals surface area contributed by atoms with E-state index in [1.807, 2.05) is 42.7 Å². The molecular weight excluding hydrogens is 229 g/mol. The van der Waals surface area contributed by atoms with Crippen molar-refractivity contribution < 1.29 is 4.57 Å². The Morgan fingerprint density at radius 1 is 1.00 bits per heavy atom. The average molecular weight is 239 g/mol. The van der Waals surface area contributed by atoms with E-state index in [1.54, 1.807) is 6.07 Å². The number of aromatic nitrogens is 1. The van der Waals surface area contributed by atoms with Crippen molar-refractivity contribution in [3.8, 4) is 0 Å². The Bertz CT molecular complexity index is 454. The van der Waals surface area contributed by atoms with Crippen LogP contribution in [-0.2, 0) is 6.54 Å². The SMILES string of the molecule is Clc1ccc(C[n+]2ccccc2)c(Cl)c1. The lowest BCUT2D eigenvalue weighted by molar-refractivity contribution is -0.688. The highest BCUT2D eigenvalue weighted by atomic mass is 35.5. The maximum absolute atomic E-state index is 6.08. The van der Waals surface area contributed by atoms with E-state index >= 15 is 0 Å². The van der Waals surface area contributed by atoms with E-state index in [4.69, 9.17) is 23.2 Å². The molecule has 0 fully saturated rings. The summed E-state index contributed by atoms with van der Waals surface area (Å²) >= 11 is 11.9. The maximum Gasteiger partial charge on any atom is 0.175 e. The molecule has 0 saturated carbocycles. The molecule has 1 nitrogen and oxygen atoms in total. The van der Waals surface area contributed by atoms with Gasteiger partial charge in [0.15, 0.2) is 18.9 Å². The van der Waals surface area contributed by atoms with Gasteiger partial charge in [-0.15, -0.1) is 0 Å². The zero-order chi connectivity index (χ0) is 10.7. The van der Waals surface area contributed by atoms with Gasteiger partial charge in [0.1, 0.15) is 0 Å². The van der Waals surface area contributed by atoms with Crippen molar-refractivity contribution in [3.63, 3.8) is 0 Å². The summed E-state index contributed by atoms with van der Waals surface area (Å²) in [5.74, 6) is 0. The van der Waals surface area contributed by atoms with Crippen LogP contribution in [-0.4, -0.2) is 0 Å². The number of rotatable bonds is 2. The van der Waals surface area contributed by atoms with Crippen LogP contribution < -0.4 is 4.57 Å². The molecule has 0 bridgehead atoms. The fourth-order valence-electron chi connectivity index (χ4n) is 1.39. The molecule has 15 heavy (non-hydrogen) atoms. The van der Waals surface area contributed by atoms with Crippen LogP contribution in [0.5, 0.6) is 0 Å². The van der Waals surface area contributed by atoms with Crippen molar-refractivity contribution in [2.24, 2.45) is 0 Å². The van der Waals surface area contributed by atoms with Crippen molar-refractivity contribution >= 4 is 23.2 Å². The van der Waals surface area contributed by atoms with Crippen molar-refractivity contribution in [2.45, 2.75) is 6.54 Å². The Morgan fingerprint density at radius 2 is 1.73 bits per heavy atom. The van der Waals surface area contributed by atoms with Crippen LogP contribution in [0.25, 0.3) is 0 Å². The van der Waals surface area contributed by atoms with Crippen molar-refractivity contribution in [3.05, 3.63) is 64.4 Å². The van der Waals surface area contributed by atoms with Gasteiger partial charge in [-0.2, -0.15) is 0 Å². The molecule has 2 rings (SSSR count). The minimum Gasteiger partial charge on any atom is -0.201 e. The summed E-state index contributed by atoms with van der Waals surface area (Å²) in [5, 5.41) is 1.38. The molecule has 0 aliphatic rings. The van der Waals surface area contributed by atoms with Crippen LogP contribution in [0.4, 0.5) is 0 Å². The zero-order valence-corrected chi connectivity index (χ0v) is 9.54. The van der Waals surface area contributed by atoms with Crippen LogP contribution in [0.2, 0.25) is 10.0 Å². The Morgan fingerprint density at radius 3 is 2.40 bits per heavy atom. The van der Waals surface area contributed by atoms with Gasteiger partial charge < -0.3 is 0 Å². The molecule has 0 aliphatic heterocycles. The number of hydrogen-bond donors (Lipinski definition) is 0. The van der Waals surface area contributed by atoms with Crippen LogP contribution >= 0.6 is 23.2 Å². The summed E-state index contributed by atoms with van der Waals surface area (Å²) in [6.07, 6.45) is 4.01. The fraction of sp³-hybridized carbons (Fsp3) is 0.0833. The van der Waals surface area contributed by atoms with Gasteiger partial charge in [-0.25, -0.2) is 4.57 Å². The average Bonchev–Trinajstić information content (AvgIpc) is 2.24. The Balaban J connectivity index is 2.25. The first-order valence-corrected chi connectivity index (χ1v) is 5.39. The van der Waals surface area contributed by atoms with E-state index in [0.29, 0.717) is 10.0 Å². The lowest BCUT2D eigenvalue weighted by Gasteiger charge is -2.00. The van der Waals surface area contributed by atoms with Gasteiger partial charge in [-0.1, -0.05) is 29.3 Å². The molecule has 1 aromatic carbocycles. The molecule has 0 atom stereocenters. The quantitative estimate of drug-likeness (QED) is 0.707. The molecule has 1 heterocycles. The molecule has 0 unspecified atom stereocenters. The first-order valence-electron chi connectivity index (χ1n) is 4.64. The topological polar surface area (TPSA) is 3.88 Å². The van der Waals surface area contributed by atoms with E-state index < -0.39 is 0 Å².